The Labute approximate surface area is 165 Å². The minimum absolute atomic E-state index is 0.246. The molecule has 28 heavy (non-hydrogen) atoms. The van der Waals surface area contributed by atoms with Crippen LogP contribution in [0.3, 0.4) is 0 Å². The predicted octanol–water partition coefficient (Wildman–Crippen LogP) is 5.95. The fourth-order valence-electron chi connectivity index (χ4n) is 4.19. The summed E-state index contributed by atoms with van der Waals surface area (Å²) in [4.78, 5) is 11.6. The smallest absolute Gasteiger partial charge is 0.161 e. The van der Waals surface area contributed by atoms with Crippen LogP contribution in [0.1, 0.15) is 68.4 Å². The zero-order valence-electron chi connectivity index (χ0n) is 16.2. The number of carbonyl (C=O) groups is 1. The van der Waals surface area contributed by atoms with Gasteiger partial charge in [0, 0.05) is 12.8 Å². The first kappa shape index (κ1) is 19.0. The molecule has 0 radical (unpaired) electrons. The van der Waals surface area contributed by atoms with E-state index in [4.69, 9.17) is 9.47 Å². The summed E-state index contributed by atoms with van der Waals surface area (Å²) in [6.45, 7) is 0.374. The van der Waals surface area contributed by atoms with Gasteiger partial charge >= 0.3 is 0 Å². The van der Waals surface area contributed by atoms with Gasteiger partial charge in [-0.05, 0) is 79.8 Å². The van der Waals surface area contributed by atoms with Crippen LogP contribution in [0.4, 0.5) is 4.39 Å². The van der Waals surface area contributed by atoms with Crippen LogP contribution in [0.2, 0.25) is 0 Å². The first-order valence-corrected chi connectivity index (χ1v) is 10.4. The molecule has 148 valence electrons. The average Bonchev–Trinajstić information content (AvgIpc) is 3.22. The minimum Gasteiger partial charge on any atom is -0.487 e. The third-order valence-corrected chi connectivity index (χ3v) is 5.89. The molecule has 0 atom stereocenters. The predicted molar refractivity (Wildman–Crippen MR) is 106 cm³/mol. The number of carbonyl (C=O) groups excluding carboxylic acids is 1. The Bertz CT molecular complexity index is 799. The molecule has 0 unspecified atom stereocenters. The van der Waals surface area contributed by atoms with Crippen LogP contribution in [0.15, 0.2) is 42.5 Å². The van der Waals surface area contributed by atoms with E-state index in [0.29, 0.717) is 31.1 Å². The van der Waals surface area contributed by atoms with E-state index in [1.807, 2.05) is 6.07 Å². The Morgan fingerprint density at radius 3 is 2.32 bits per heavy atom. The van der Waals surface area contributed by atoms with Crippen molar-refractivity contribution in [2.24, 2.45) is 0 Å². The largest absolute Gasteiger partial charge is 0.487 e. The average molecular weight is 382 g/mol. The summed E-state index contributed by atoms with van der Waals surface area (Å²) >= 11 is 0. The van der Waals surface area contributed by atoms with Gasteiger partial charge in [0.05, 0.1) is 6.10 Å². The molecule has 2 aromatic carbocycles. The highest BCUT2D eigenvalue weighted by Crippen LogP contribution is 2.38. The molecule has 4 rings (SSSR count). The van der Waals surface area contributed by atoms with Crippen molar-refractivity contribution in [3.8, 4) is 11.5 Å². The van der Waals surface area contributed by atoms with Crippen molar-refractivity contribution < 1.29 is 18.7 Å². The maximum absolute atomic E-state index is 13.1. The van der Waals surface area contributed by atoms with Crippen molar-refractivity contribution >= 4 is 5.78 Å². The Morgan fingerprint density at radius 1 is 0.893 bits per heavy atom. The lowest BCUT2D eigenvalue weighted by Crippen LogP contribution is -2.14. The molecular formula is C24H27FO3. The Balaban J connectivity index is 1.51. The number of ether oxygens (including phenoxy) is 2. The maximum Gasteiger partial charge on any atom is 0.161 e. The van der Waals surface area contributed by atoms with Crippen molar-refractivity contribution in [3.05, 3.63) is 59.4 Å². The van der Waals surface area contributed by atoms with Gasteiger partial charge in [0.1, 0.15) is 18.2 Å². The summed E-state index contributed by atoms with van der Waals surface area (Å²) in [6, 6.07) is 12.6. The highest BCUT2D eigenvalue weighted by molar-refractivity contribution is 5.79. The number of Topliss-reactive ketones (excluding diaryl/α,β-unsaturated/α-hetero) is 1. The van der Waals surface area contributed by atoms with E-state index >= 15 is 0 Å². The molecule has 0 saturated heterocycles. The first-order chi connectivity index (χ1) is 13.7. The lowest BCUT2D eigenvalue weighted by Gasteiger charge is -2.23. The quantitative estimate of drug-likeness (QED) is 0.619. The van der Waals surface area contributed by atoms with Gasteiger partial charge in [-0.15, -0.1) is 0 Å². The number of halogens is 1. The SMILES string of the molecule is O=C1CCC(c2ccc(OCc3ccc(F)cc3)c(OC3CCCC3)c2)CC1. The number of hydrogen-bond acceptors (Lipinski definition) is 3. The Morgan fingerprint density at radius 2 is 1.61 bits per heavy atom. The Kier molecular flexibility index (Phi) is 5.94. The monoisotopic (exact) mass is 382 g/mol. The van der Waals surface area contributed by atoms with Crippen molar-refractivity contribution in [2.45, 2.75) is 70.0 Å². The fourth-order valence-corrected chi connectivity index (χ4v) is 4.19. The molecule has 0 heterocycles. The maximum atomic E-state index is 13.1. The molecule has 2 aliphatic rings. The van der Waals surface area contributed by atoms with Crippen LogP contribution in [-0.2, 0) is 11.4 Å². The minimum atomic E-state index is -0.246. The lowest BCUT2D eigenvalue weighted by atomic mass is 9.83. The first-order valence-electron chi connectivity index (χ1n) is 10.4. The van der Waals surface area contributed by atoms with Crippen LogP contribution in [0, 0.1) is 5.82 Å². The standard InChI is InChI=1S/C24H27FO3/c25-20-10-5-17(6-11-20)16-27-23-14-9-19(18-7-12-21(26)13-8-18)15-24(23)28-22-3-1-2-4-22/h5-6,9-11,14-15,18,22H,1-4,7-8,12-13,16H2. The van der Waals surface area contributed by atoms with Crippen LogP contribution in [0.25, 0.3) is 0 Å². The van der Waals surface area contributed by atoms with Gasteiger partial charge in [-0.25, -0.2) is 4.39 Å². The van der Waals surface area contributed by atoms with Crippen molar-refractivity contribution in [1.82, 2.24) is 0 Å². The van der Waals surface area contributed by atoms with Gasteiger partial charge in [0.25, 0.3) is 0 Å². The third-order valence-electron chi connectivity index (χ3n) is 5.89. The molecule has 0 spiro atoms. The second-order valence-electron chi connectivity index (χ2n) is 7.96. The highest BCUT2D eigenvalue weighted by atomic mass is 19.1. The normalized spacial score (nSPS) is 18.4. The third kappa shape index (κ3) is 4.73. The van der Waals surface area contributed by atoms with Crippen molar-refractivity contribution in [2.75, 3.05) is 0 Å². The molecule has 0 N–H and O–H groups in total. The fraction of sp³-hybridized carbons (Fsp3) is 0.458. The molecular weight excluding hydrogens is 355 g/mol. The molecule has 2 saturated carbocycles. The molecule has 2 aromatic rings. The van der Waals surface area contributed by atoms with E-state index in [0.717, 1.165) is 42.7 Å². The van der Waals surface area contributed by atoms with Gasteiger partial charge in [-0.3, -0.25) is 4.79 Å². The summed E-state index contributed by atoms with van der Waals surface area (Å²) in [5, 5.41) is 0. The van der Waals surface area contributed by atoms with Gasteiger partial charge in [-0.1, -0.05) is 18.2 Å². The van der Waals surface area contributed by atoms with E-state index < -0.39 is 0 Å². The zero-order chi connectivity index (χ0) is 19.3. The molecule has 4 heteroatoms. The van der Waals surface area contributed by atoms with Crippen LogP contribution in [-0.4, -0.2) is 11.9 Å². The van der Waals surface area contributed by atoms with Crippen molar-refractivity contribution in [1.29, 1.82) is 0 Å². The molecule has 3 nitrogen and oxygen atoms in total. The van der Waals surface area contributed by atoms with Crippen LogP contribution >= 0.6 is 0 Å². The van der Waals surface area contributed by atoms with E-state index in [1.165, 1.54) is 30.5 Å². The molecule has 0 aromatic heterocycles. The van der Waals surface area contributed by atoms with E-state index in [1.54, 1.807) is 12.1 Å². The van der Waals surface area contributed by atoms with Crippen LogP contribution < -0.4 is 9.47 Å². The second kappa shape index (κ2) is 8.76. The number of ketones is 1. The molecule has 0 bridgehead atoms. The van der Waals surface area contributed by atoms with Gasteiger partial charge < -0.3 is 9.47 Å². The van der Waals surface area contributed by atoms with E-state index in [2.05, 4.69) is 12.1 Å². The molecule has 0 amide bonds. The summed E-state index contributed by atoms with van der Waals surface area (Å²) in [5.74, 6) is 2.06. The van der Waals surface area contributed by atoms with Crippen molar-refractivity contribution in [3.63, 3.8) is 0 Å². The van der Waals surface area contributed by atoms with Gasteiger partial charge in [-0.2, -0.15) is 0 Å². The summed E-state index contributed by atoms with van der Waals surface area (Å²) in [6.07, 6.45) is 8.00. The zero-order valence-corrected chi connectivity index (χ0v) is 16.2. The van der Waals surface area contributed by atoms with Gasteiger partial charge in [0.15, 0.2) is 11.5 Å². The number of hydrogen-bond donors (Lipinski definition) is 0. The summed E-state index contributed by atoms with van der Waals surface area (Å²) < 4.78 is 25.5. The van der Waals surface area contributed by atoms with E-state index in [9.17, 15) is 9.18 Å². The molecule has 2 aliphatic carbocycles. The second-order valence-corrected chi connectivity index (χ2v) is 7.96. The van der Waals surface area contributed by atoms with E-state index in [-0.39, 0.29) is 11.9 Å². The summed E-state index contributed by atoms with van der Waals surface area (Å²) in [5.41, 5.74) is 2.15. The number of benzene rings is 2. The highest BCUT2D eigenvalue weighted by Gasteiger charge is 2.23. The lowest BCUT2D eigenvalue weighted by molar-refractivity contribution is -0.120. The van der Waals surface area contributed by atoms with Crippen LogP contribution in [0.5, 0.6) is 11.5 Å². The van der Waals surface area contributed by atoms with Gasteiger partial charge in [0.2, 0.25) is 0 Å². The molecule has 2 fully saturated rings. The Hall–Kier alpha value is -2.36. The summed E-state index contributed by atoms with van der Waals surface area (Å²) in [7, 11) is 0. The number of rotatable bonds is 6. The molecule has 0 aliphatic heterocycles. The topological polar surface area (TPSA) is 35.5 Å².